The number of carbonyl (C=O) groups is 3. The number of carbonyl (C=O) groups excluding carboxylic acids is 3. The average molecular weight is 443 g/mol. The van der Waals surface area contributed by atoms with Gasteiger partial charge in [-0.15, -0.1) is 0 Å². The number of nitrogen functional groups attached to an aromatic ring is 1. The largest absolute Gasteiger partial charge is 0.508 e. The Morgan fingerprint density at radius 2 is 1.33 bits per heavy atom. The van der Waals surface area contributed by atoms with Crippen LogP contribution < -0.4 is 10.5 Å². The second-order valence-corrected chi connectivity index (χ2v) is 8.37. The molecule has 1 aliphatic carbocycles. The lowest BCUT2D eigenvalue weighted by Gasteiger charge is -2.36. The van der Waals surface area contributed by atoms with Gasteiger partial charge >= 0.3 is 5.97 Å². The number of phenolic OH excluding ortho intramolecular Hbond substituents is 2. The summed E-state index contributed by atoms with van der Waals surface area (Å²) in [7, 11) is 0. The maximum absolute atomic E-state index is 13.4. The Morgan fingerprint density at radius 3 is 1.94 bits per heavy atom. The van der Waals surface area contributed by atoms with Gasteiger partial charge in [-0.25, -0.2) is 4.79 Å². The van der Waals surface area contributed by atoms with Crippen molar-refractivity contribution < 1.29 is 34.1 Å². The van der Waals surface area contributed by atoms with Gasteiger partial charge in [0.1, 0.15) is 23.0 Å². The van der Waals surface area contributed by atoms with Gasteiger partial charge in [0.05, 0.1) is 11.1 Å². The van der Waals surface area contributed by atoms with Crippen molar-refractivity contribution in [1.29, 1.82) is 0 Å². The fraction of sp³-hybridized carbons (Fsp3) is 0.160. The van der Waals surface area contributed by atoms with Crippen molar-refractivity contribution in [2.24, 2.45) is 0 Å². The molecule has 0 saturated heterocycles. The van der Waals surface area contributed by atoms with Crippen LogP contribution in [0.1, 0.15) is 67.0 Å². The Labute approximate surface area is 187 Å². The minimum atomic E-state index is -1.55. The molecule has 0 aromatic heterocycles. The molecule has 0 unspecified atom stereocenters. The Morgan fingerprint density at radius 1 is 0.758 bits per heavy atom. The monoisotopic (exact) mass is 443 g/mol. The van der Waals surface area contributed by atoms with Crippen molar-refractivity contribution in [2.45, 2.75) is 24.9 Å². The van der Waals surface area contributed by atoms with E-state index in [1.54, 1.807) is 12.1 Å². The SMILES string of the molecule is Nc1cc2c(c3c1C(=O)CCCC3=O)C(=O)OC21c2ccc(O)cc2Oc2cc(O)ccc21. The molecule has 2 heterocycles. The van der Waals surface area contributed by atoms with Crippen LogP contribution in [0, 0.1) is 0 Å². The van der Waals surface area contributed by atoms with Gasteiger partial charge in [0.2, 0.25) is 0 Å². The fourth-order valence-corrected chi connectivity index (χ4v) is 5.11. The molecule has 3 aromatic carbocycles. The van der Waals surface area contributed by atoms with E-state index in [0.717, 1.165) is 0 Å². The molecular weight excluding hydrogens is 426 g/mol. The number of nitrogens with two attached hydrogens (primary N) is 1. The molecule has 0 amide bonds. The zero-order chi connectivity index (χ0) is 23.1. The number of hydrogen-bond acceptors (Lipinski definition) is 8. The quantitative estimate of drug-likeness (QED) is 0.271. The van der Waals surface area contributed by atoms with Crippen LogP contribution in [-0.4, -0.2) is 27.7 Å². The number of phenols is 2. The van der Waals surface area contributed by atoms with Crippen molar-refractivity contribution in [3.63, 3.8) is 0 Å². The molecule has 8 nitrogen and oxygen atoms in total. The van der Waals surface area contributed by atoms with Crippen LogP contribution in [-0.2, 0) is 10.3 Å². The van der Waals surface area contributed by atoms with Crippen molar-refractivity contribution >= 4 is 23.2 Å². The summed E-state index contributed by atoms with van der Waals surface area (Å²) in [6, 6.07) is 10.3. The van der Waals surface area contributed by atoms with E-state index in [9.17, 15) is 24.6 Å². The molecule has 3 aliphatic rings. The molecule has 0 fully saturated rings. The molecular formula is C25H17NO7. The van der Waals surface area contributed by atoms with Crippen molar-refractivity contribution in [2.75, 3.05) is 5.73 Å². The Bertz CT molecular complexity index is 1390. The third kappa shape index (κ3) is 2.43. The lowest BCUT2D eigenvalue weighted by atomic mass is 9.75. The van der Waals surface area contributed by atoms with Gasteiger partial charge in [-0.3, -0.25) is 9.59 Å². The van der Waals surface area contributed by atoms with Crippen LogP contribution in [0.2, 0.25) is 0 Å². The number of benzene rings is 3. The third-order valence-corrected chi connectivity index (χ3v) is 6.46. The number of Topliss-reactive ketones (excluding diaryl/α,β-unsaturated/α-hetero) is 2. The van der Waals surface area contributed by atoms with Crippen LogP contribution in [0.3, 0.4) is 0 Å². The van der Waals surface area contributed by atoms with Gasteiger partial charge in [-0.2, -0.15) is 0 Å². The second kappa shape index (κ2) is 6.35. The molecule has 0 atom stereocenters. The van der Waals surface area contributed by atoms with Crippen molar-refractivity contribution in [3.05, 3.63) is 75.8 Å². The predicted molar refractivity (Wildman–Crippen MR) is 115 cm³/mol. The van der Waals surface area contributed by atoms with Gasteiger partial charge < -0.3 is 25.4 Å². The standard InChI is InChI=1S/C25H17NO7/c26-16-10-15-21(23-18(30)3-1-2-17(29)22(16)23)24(31)33-25(15)13-6-4-11(27)8-19(13)32-20-9-12(28)5-7-14(20)25/h4-10,27-28H,1-3,26H2. The van der Waals surface area contributed by atoms with Crippen molar-refractivity contribution in [1.82, 2.24) is 0 Å². The Kier molecular flexibility index (Phi) is 3.73. The first-order valence-corrected chi connectivity index (χ1v) is 10.4. The number of hydrogen-bond donors (Lipinski definition) is 3. The van der Waals surface area contributed by atoms with Crippen LogP contribution >= 0.6 is 0 Å². The smallest absolute Gasteiger partial charge is 0.340 e. The van der Waals surface area contributed by atoms with E-state index in [1.165, 1.54) is 30.3 Å². The number of ketones is 2. The minimum Gasteiger partial charge on any atom is -0.508 e. The van der Waals surface area contributed by atoms with Crippen molar-refractivity contribution in [3.8, 4) is 23.0 Å². The van der Waals surface area contributed by atoms with Crippen LogP contribution in [0.15, 0.2) is 42.5 Å². The predicted octanol–water partition coefficient (Wildman–Crippen LogP) is 3.80. The van der Waals surface area contributed by atoms with Gasteiger partial charge in [-0.1, -0.05) is 0 Å². The van der Waals surface area contributed by atoms with E-state index in [1.807, 2.05) is 0 Å². The first-order chi connectivity index (χ1) is 15.8. The lowest BCUT2D eigenvalue weighted by molar-refractivity contribution is 0.0223. The normalized spacial score (nSPS) is 17.4. The summed E-state index contributed by atoms with van der Waals surface area (Å²) in [6.07, 6.45) is 0.658. The topological polar surface area (TPSA) is 136 Å². The van der Waals surface area contributed by atoms with Crippen LogP contribution in [0.25, 0.3) is 0 Å². The Hall–Kier alpha value is -4.33. The lowest BCUT2D eigenvalue weighted by Crippen LogP contribution is -2.33. The summed E-state index contributed by atoms with van der Waals surface area (Å²) < 4.78 is 12.0. The molecule has 0 bridgehead atoms. The highest BCUT2D eigenvalue weighted by Crippen LogP contribution is 2.58. The molecule has 33 heavy (non-hydrogen) atoms. The first kappa shape index (κ1) is 19.4. The highest BCUT2D eigenvalue weighted by atomic mass is 16.6. The molecule has 3 aromatic rings. The highest BCUT2D eigenvalue weighted by Gasteiger charge is 2.55. The van der Waals surface area contributed by atoms with Crippen LogP contribution in [0.4, 0.5) is 5.69 Å². The number of ether oxygens (including phenoxy) is 2. The molecule has 164 valence electrons. The molecule has 1 spiro atoms. The summed E-state index contributed by atoms with van der Waals surface area (Å²) >= 11 is 0. The fourth-order valence-electron chi connectivity index (χ4n) is 5.11. The molecule has 4 N–H and O–H groups in total. The summed E-state index contributed by atoms with van der Waals surface area (Å²) in [4.78, 5) is 39.2. The van der Waals surface area contributed by atoms with E-state index in [4.69, 9.17) is 15.2 Å². The molecule has 0 radical (unpaired) electrons. The summed E-state index contributed by atoms with van der Waals surface area (Å²) in [5.41, 5.74) is 6.08. The summed E-state index contributed by atoms with van der Waals surface area (Å²) in [5, 5.41) is 20.1. The molecule has 2 aliphatic heterocycles. The van der Waals surface area contributed by atoms with E-state index in [0.29, 0.717) is 23.1 Å². The number of anilines is 1. The third-order valence-electron chi connectivity index (χ3n) is 6.46. The number of rotatable bonds is 0. The number of esters is 1. The second-order valence-electron chi connectivity index (χ2n) is 8.37. The average Bonchev–Trinajstić information content (AvgIpc) is 2.94. The maximum Gasteiger partial charge on any atom is 0.340 e. The molecule has 6 rings (SSSR count). The summed E-state index contributed by atoms with van der Waals surface area (Å²) in [5.74, 6) is -1.10. The minimum absolute atomic E-state index is 0.00141. The zero-order valence-electron chi connectivity index (χ0n) is 17.2. The van der Waals surface area contributed by atoms with Gasteiger partial charge in [0.15, 0.2) is 17.2 Å². The number of aromatic hydroxyl groups is 2. The van der Waals surface area contributed by atoms with E-state index in [2.05, 4.69) is 0 Å². The Balaban J connectivity index is 1.75. The van der Waals surface area contributed by atoms with E-state index in [-0.39, 0.29) is 69.8 Å². The van der Waals surface area contributed by atoms with Gasteiger partial charge in [0, 0.05) is 52.9 Å². The van der Waals surface area contributed by atoms with E-state index < -0.39 is 11.6 Å². The summed E-state index contributed by atoms with van der Waals surface area (Å²) in [6.45, 7) is 0. The molecule has 0 saturated carbocycles. The van der Waals surface area contributed by atoms with Gasteiger partial charge in [-0.05, 0) is 36.8 Å². The maximum atomic E-state index is 13.4. The van der Waals surface area contributed by atoms with Gasteiger partial charge in [0.25, 0.3) is 0 Å². The molecule has 8 heteroatoms. The highest BCUT2D eigenvalue weighted by molar-refractivity contribution is 6.19. The van der Waals surface area contributed by atoms with Crippen LogP contribution in [0.5, 0.6) is 23.0 Å². The number of fused-ring (bicyclic) bond motifs is 8. The zero-order valence-corrected chi connectivity index (χ0v) is 17.2. The first-order valence-electron chi connectivity index (χ1n) is 10.4. The van der Waals surface area contributed by atoms with E-state index >= 15 is 0 Å².